The van der Waals surface area contributed by atoms with Crippen LogP contribution in [0.3, 0.4) is 0 Å². The van der Waals surface area contributed by atoms with Gasteiger partial charge in [0, 0.05) is 18.8 Å². The Morgan fingerprint density at radius 2 is 2.05 bits per heavy atom. The number of thioether (sulfide) groups is 1. The minimum atomic E-state index is -3.69. The molecule has 0 amide bonds. The average molecular weight is 331 g/mol. The molecule has 1 N–H and O–H groups in total. The third kappa shape index (κ3) is 3.99. The van der Waals surface area contributed by atoms with Crippen molar-refractivity contribution in [2.45, 2.75) is 31.2 Å². The lowest BCUT2D eigenvalue weighted by atomic mass is 10.1. The smallest absolute Gasteiger partial charge is 0.335 e. The molecule has 0 saturated carbocycles. The molecule has 0 radical (unpaired) electrons. The molecule has 0 aromatic heterocycles. The minimum absolute atomic E-state index is 0.0161. The van der Waals surface area contributed by atoms with Crippen molar-refractivity contribution in [2.24, 2.45) is 0 Å². The first kappa shape index (κ1) is 18.0. The molecule has 0 aliphatic carbocycles. The summed E-state index contributed by atoms with van der Waals surface area (Å²) in [6.07, 6.45) is 2.63. The highest BCUT2D eigenvalue weighted by Gasteiger charge is 2.27. The van der Waals surface area contributed by atoms with Crippen LogP contribution in [0.15, 0.2) is 23.1 Å². The molecule has 0 aliphatic rings. The Hall–Kier alpha value is -1.05. The summed E-state index contributed by atoms with van der Waals surface area (Å²) in [4.78, 5) is 11.2. The molecule has 21 heavy (non-hydrogen) atoms. The lowest BCUT2D eigenvalue weighted by Crippen LogP contribution is -2.38. The van der Waals surface area contributed by atoms with Crippen LogP contribution in [-0.4, -0.2) is 48.9 Å². The van der Waals surface area contributed by atoms with E-state index < -0.39 is 16.0 Å². The topological polar surface area (TPSA) is 74.7 Å². The molecule has 1 atom stereocenters. The maximum Gasteiger partial charge on any atom is 0.335 e. The summed E-state index contributed by atoms with van der Waals surface area (Å²) in [5.41, 5.74) is 0.558. The molecule has 1 aromatic rings. The number of nitrogens with zero attached hydrogens (tertiary/aromatic N) is 1. The number of sulfonamides is 1. The van der Waals surface area contributed by atoms with Gasteiger partial charge in [0.25, 0.3) is 0 Å². The number of aromatic carboxylic acids is 1. The molecule has 7 heteroatoms. The van der Waals surface area contributed by atoms with Crippen molar-refractivity contribution in [3.63, 3.8) is 0 Å². The number of hydrogen-bond donors (Lipinski definition) is 1. The van der Waals surface area contributed by atoms with Crippen molar-refractivity contribution in [2.75, 3.05) is 19.1 Å². The van der Waals surface area contributed by atoms with Crippen LogP contribution in [0, 0.1) is 6.92 Å². The summed E-state index contributed by atoms with van der Waals surface area (Å²) in [6, 6.07) is 4.11. The molecule has 1 unspecified atom stereocenters. The first-order chi connectivity index (χ1) is 9.75. The van der Waals surface area contributed by atoms with Gasteiger partial charge < -0.3 is 5.11 Å². The van der Waals surface area contributed by atoms with Gasteiger partial charge in [0.1, 0.15) is 0 Å². The molecule has 0 aliphatic heterocycles. The van der Waals surface area contributed by atoms with Crippen LogP contribution in [0.5, 0.6) is 0 Å². The number of carbonyl (C=O) groups is 1. The predicted molar refractivity (Wildman–Crippen MR) is 85.5 cm³/mol. The van der Waals surface area contributed by atoms with Gasteiger partial charge in [-0.3, -0.25) is 0 Å². The van der Waals surface area contributed by atoms with Gasteiger partial charge in [0.05, 0.1) is 10.5 Å². The Labute approximate surface area is 130 Å². The lowest BCUT2D eigenvalue weighted by Gasteiger charge is -2.26. The molecule has 0 spiro atoms. The quantitative estimate of drug-likeness (QED) is 0.831. The summed E-state index contributed by atoms with van der Waals surface area (Å²) in [5, 5.41) is 9.12. The second kappa shape index (κ2) is 7.29. The monoisotopic (exact) mass is 331 g/mol. The van der Waals surface area contributed by atoms with Crippen molar-refractivity contribution < 1.29 is 18.3 Å². The van der Waals surface area contributed by atoms with Gasteiger partial charge in [0.2, 0.25) is 10.0 Å². The Kier molecular flexibility index (Phi) is 6.24. The minimum Gasteiger partial charge on any atom is -0.478 e. The molecule has 0 heterocycles. The molecule has 1 rings (SSSR count). The van der Waals surface area contributed by atoms with Gasteiger partial charge in [-0.15, -0.1) is 0 Å². The van der Waals surface area contributed by atoms with E-state index >= 15 is 0 Å². The largest absolute Gasteiger partial charge is 0.478 e. The van der Waals surface area contributed by atoms with Gasteiger partial charge in [-0.1, -0.05) is 13.0 Å². The van der Waals surface area contributed by atoms with Crippen LogP contribution in [0.2, 0.25) is 0 Å². The van der Waals surface area contributed by atoms with Gasteiger partial charge in [-0.25, -0.2) is 13.2 Å². The molecule has 1 aromatic carbocycles. The van der Waals surface area contributed by atoms with Crippen LogP contribution < -0.4 is 0 Å². The maximum absolute atomic E-state index is 12.6. The molecule has 5 nitrogen and oxygen atoms in total. The molecule has 0 saturated heterocycles. The van der Waals surface area contributed by atoms with E-state index in [0.717, 1.165) is 0 Å². The van der Waals surface area contributed by atoms with Crippen molar-refractivity contribution in [1.82, 2.24) is 4.31 Å². The van der Waals surface area contributed by atoms with Crippen molar-refractivity contribution in [3.05, 3.63) is 29.3 Å². The third-order valence-corrected chi connectivity index (χ3v) is 6.09. The highest BCUT2D eigenvalue weighted by molar-refractivity contribution is 7.98. The first-order valence-corrected chi connectivity index (χ1v) is 9.40. The van der Waals surface area contributed by atoms with E-state index in [1.54, 1.807) is 25.7 Å². The second-order valence-electron chi connectivity index (χ2n) is 4.82. The van der Waals surface area contributed by atoms with Crippen LogP contribution in [0.4, 0.5) is 0 Å². The fraction of sp³-hybridized carbons (Fsp3) is 0.500. The van der Waals surface area contributed by atoms with E-state index in [9.17, 15) is 13.2 Å². The summed E-state index contributed by atoms with van der Waals surface area (Å²) < 4.78 is 26.6. The van der Waals surface area contributed by atoms with E-state index in [1.807, 2.05) is 13.2 Å². The van der Waals surface area contributed by atoms with Crippen molar-refractivity contribution >= 4 is 27.8 Å². The zero-order chi connectivity index (χ0) is 16.2. The number of carboxylic acids is 1. The lowest BCUT2D eigenvalue weighted by molar-refractivity contribution is 0.0696. The first-order valence-electron chi connectivity index (χ1n) is 6.56. The Balaban J connectivity index is 3.24. The van der Waals surface area contributed by atoms with Gasteiger partial charge in [-0.05, 0) is 37.3 Å². The summed E-state index contributed by atoms with van der Waals surface area (Å²) in [6.45, 7) is 3.58. The number of aryl methyl sites for hydroxylation is 1. The predicted octanol–water partition coefficient (Wildman–Crippen LogP) is 2.46. The molecule has 0 bridgehead atoms. The summed E-state index contributed by atoms with van der Waals surface area (Å²) in [7, 11) is -2.15. The standard InChI is InChI=1S/C14H21NO4S2/c1-5-11(9-20-4)15(3)21(18,19)12-7-6-10(2)13(8-12)14(16)17/h6-8,11H,5,9H2,1-4H3,(H,16,17). The highest BCUT2D eigenvalue weighted by Crippen LogP contribution is 2.22. The van der Waals surface area contributed by atoms with E-state index in [1.165, 1.54) is 22.5 Å². The van der Waals surface area contributed by atoms with Gasteiger partial charge >= 0.3 is 5.97 Å². The fourth-order valence-corrected chi connectivity index (χ4v) is 4.42. The van der Waals surface area contributed by atoms with Crippen molar-refractivity contribution in [3.8, 4) is 0 Å². The van der Waals surface area contributed by atoms with Crippen LogP contribution in [0.25, 0.3) is 0 Å². The normalized spacial score (nSPS) is 13.4. The van der Waals surface area contributed by atoms with Gasteiger partial charge in [-0.2, -0.15) is 16.1 Å². The zero-order valence-electron chi connectivity index (χ0n) is 12.7. The SMILES string of the molecule is CCC(CSC)N(C)S(=O)(=O)c1ccc(C)c(C(=O)O)c1. The maximum atomic E-state index is 12.6. The van der Waals surface area contributed by atoms with Crippen LogP contribution >= 0.6 is 11.8 Å². The van der Waals surface area contributed by atoms with E-state index in [4.69, 9.17) is 5.11 Å². The zero-order valence-corrected chi connectivity index (χ0v) is 14.3. The fourth-order valence-electron chi connectivity index (χ4n) is 2.03. The second-order valence-corrected chi connectivity index (χ2v) is 7.73. The van der Waals surface area contributed by atoms with E-state index in [-0.39, 0.29) is 16.5 Å². The molecule has 0 fully saturated rings. The Morgan fingerprint density at radius 1 is 1.43 bits per heavy atom. The van der Waals surface area contributed by atoms with Crippen LogP contribution in [-0.2, 0) is 10.0 Å². The number of carboxylic acid groups (broad SMARTS) is 1. The summed E-state index contributed by atoms with van der Waals surface area (Å²) in [5.74, 6) is -0.424. The number of benzene rings is 1. The Bertz CT molecular complexity index is 613. The summed E-state index contributed by atoms with van der Waals surface area (Å²) >= 11 is 1.58. The number of hydrogen-bond acceptors (Lipinski definition) is 4. The third-order valence-electron chi connectivity index (χ3n) is 3.46. The molecule has 118 valence electrons. The average Bonchev–Trinajstić information content (AvgIpc) is 2.43. The number of rotatable bonds is 7. The van der Waals surface area contributed by atoms with Crippen LogP contribution in [0.1, 0.15) is 29.3 Å². The molecular formula is C14H21NO4S2. The van der Waals surface area contributed by atoms with E-state index in [0.29, 0.717) is 17.7 Å². The van der Waals surface area contributed by atoms with Crippen molar-refractivity contribution in [1.29, 1.82) is 0 Å². The van der Waals surface area contributed by atoms with Gasteiger partial charge in [0.15, 0.2) is 0 Å². The highest BCUT2D eigenvalue weighted by atomic mass is 32.2. The Morgan fingerprint density at radius 3 is 2.52 bits per heavy atom. The molecular weight excluding hydrogens is 310 g/mol. The van der Waals surface area contributed by atoms with E-state index in [2.05, 4.69) is 0 Å².